The third kappa shape index (κ3) is 4.75. The van der Waals surface area contributed by atoms with Crippen molar-refractivity contribution in [3.8, 4) is 0 Å². The molecule has 1 saturated heterocycles. The maximum absolute atomic E-state index is 12.8. The van der Waals surface area contributed by atoms with Gasteiger partial charge in [-0.25, -0.2) is 0 Å². The maximum Gasteiger partial charge on any atom is 0.223 e. The van der Waals surface area contributed by atoms with E-state index in [9.17, 15) is 4.79 Å². The molecule has 1 aliphatic heterocycles. The minimum absolute atomic E-state index is 0.0303. The second kappa shape index (κ2) is 8.50. The Bertz CT molecular complexity index is 738. The Morgan fingerprint density at radius 2 is 2.19 bits per heavy atom. The molecule has 27 heavy (non-hydrogen) atoms. The predicted molar refractivity (Wildman–Crippen MR) is 105 cm³/mol. The molecule has 148 valence electrons. The zero-order chi connectivity index (χ0) is 19.4. The molecule has 0 spiro atoms. The fourth-order valence-corrected chi connectivity index (χ4v) is 4.31. The maximum atomic E-state index is 12.8. The highest BCUT2D eigenvalue weighted by atomic mass is 32.1. The van der Waals surface area contributed by atoms with E-state index >= 15 is 0 Å². The molecule has 2 atom stereocenters. The second-order valence-electron chi connectivity index (χ2n) is 7.97. The summed E-state index contributed by atoms with van der Waals surface area (Å²) in [5, 5.41) is 7.97. The summed E-state index contributed by atoms with van der Waals surface area (Å²) in [6, 6.07) is 0.0303. The molecule has 2 aromatic rings. The van der Waals surface area contributed by atoms with Crippen LogP contribution in [-0.2, 0) is 22.6 Å². The van der Waals surface area contributed by atoms with Gasteiger partial charge in [0.2, 0.25) is 5.91 Å². The Morgan fingerprint density at radius 1 is 1.37 bits per heavy atom. The number of carbonyl (C=O) groups is 1. The smallest absolute Gasteiger partial charge is 0.223 e. The van der Waals surface area contributed by atoms with E-state index in [0.29, 0.717) is 19.6 Å². The normalized spacial score (nSPS) is 20.6. The molecule has 0 aromatic carbocycles. The first-order valence-electron chi connectivity index (χ1n) is 9.31. The van der Waals surface area contributed by atoms with Gasteiger partial charge in [-0.15, -0.1) is 11.3 Å². The zero-order valence-corrected chi connectivity index (χ0v) is 17.3. The number of nitrogens with one attached hydrogen (secondary N) is 1. The summed E-state index contributed by atoms with van der Waals surface area (Å²) in [6.07, 6.45) is 6.39. The van der Waals surface area contributed by atoms with Crippen LogP contribution in [0.2, 0.25) is 0 Å². The number of likely N-dealkylation sites (tertiary alicyclic amines) is 1. The fourth-order valence-electron chi connectivity index (χ4n) is 3.75. The van der Waals surface area contributed by atoms with Gasteiger partial charge in [0.05, 0.1) is 30.9 Å². The number of hydrogen-bond donors (Lipinski definition) is 1. The van der Waals surface area contributed by atoms with Crippen LogP contribution in [-0.4, -0.2) is 51.4 Å². The summed E-state index contributed by atoms with van der Waals surface area (Å²) in [5.41, 5.74) is 2.70. The van der Waals surface area contributed by atoms with Crippen molar-refractivity contribution in [2.45, 2.75) is 51.9 Å². The van der Waals surface area contributed by atoms with Crippen LogP contribution in [0.5, 0.6) is 0 Å². The molecule has 2 aromatic heterocycles. The molecule has 1 aliphatic rings. The molecule has 3 heterocycles. The van der Waals surface area contributed by atoms with Gasteiger partial charge in [-0.3, -0.25) is 14.5 Å². The van der Waals surface area contributed by atoms with Gasteiger partial charge >= 0.3 is 0 Å². The van der Waals surface area contributed by atoms with Gasteiger partial charge in [0.1, 0.15) is 0 Å². The molecule has 1 N–H and O–H groups in total. The SMILES string of the molecule is COCCn1cc([C@H]2[C@H](CNCc3cncs3)CC(=O)N2C(C)(C)C)cn1. The molecule has 0 unspecified atom stereocenters. The van der Waals surface area contributed by atoms with Gasteiger partial charge in [0.15, 0.2) is 0 Å². The lowest BCUT2D eigenvalue weighted by Gasteiger charge is -2.38. The Balaban J connectivity index is 1.76. The highest BCUT2D eigenvalue weighted by molar-refractivity contribution is 7.09. The van der Waals surface area contributed by atoms with Gasteiger partial charge in [0.25, 0.3) is 0 Å². The fraction of sp³-hybridized carbons (Fsp3) is 0.632. The number of hydrogen-bond acceptors (Lipinski definition) is 6. The third-order valence-corrected chi connectivity index (χ3v) is 5.64. The summed E-state index contributed by atoms with van der Waals surface area (Å²) >= 11 is 1.64. The lowest BCUT2D eigenvalue weighted by Crippen LogP contribution is -2.44. The summed E-state index contributed by atoms with van der Waals surface area (Å²) in [4.78, 5) is 20.2. The van der Waals surface area contributed by atoms with Crippen molar-refractivity contribution < 1.29 is 9.53 Å². The van der Waals surface area contributed by atoms with E-state index in [2.05, 4.69) is 42.4 Å². The molecule has 0 bridgehead atoms. The lowest BCUT2D eigenvalue weighted by molar-refractivity contribution is -0.133. The van der Waals surface area contributed by atoms with E-state index in [1.54, 1.807) is 18.4 Å². The molecule has 1 amide bonds. The van der Waals surface area contributed by atoms with Crippen molar-refractivity contribution in [2.75, 3.05) is 20.3 Å². The summed E-state index contributed by atoms with van der Waals surface area (Å²) in [5.74, 6) is 0.423. The van der Waals surface area contributed by atoms with Crippen LogP contribution in [0, 0.1) is 5.92 Å². The number of rotatable bonds is 8. The minimum atomic E-state index is -0.233. The molecule has 8 heteroatoms. The van der Waals surface area contributed by atoms with E-state index in [4.69, 9.17) is 4.74 Å². The number of carbonyl (C=O) groups excluding carboxylic acids is 1. The van der Waals surface area contributed by atoms with E-state index in [1.165, 1.54) is 4.88 Å². The zero-order valence-electron chi connectivity index (χ0n) is 16.5. The first-order valence-corrected chi connectivity index (χ1v) is 10.2. The Hall–Kier alpha value is -1.77. The standard InChI is InChI=1S/C19H29N5O2S/c1-19(2,3)24-17(25)7-14(8-20-10-16-11-21-13-27-16)18(24)15-9-22-23(12-15)5-6-26-4/h9,11-14,18,20H,5-8,10H2,1-4H3/t14-,18+/m0/s1. The van der Waals surface area contributed by atoms with Crippen molar-refractivity contribution in [1.29, 1.82) is 0 Å². The lowest BCUT2D eigenvalue weighted by atomic mass is 9.93. The van der Waals surface area contributed by atoms with Gasteiger partial charge in [-0.05, 0) is 20.8 Å². The number of aromatic nitrogens is 3. The van der Waals surface area contributed by atoms with E-state index < -0.39 is 0 Å². The summed E-state index contributed by atoms with van der Waals surface area (Å²) in [7, 11) is 1.69. The van der Waals surface area contributed by atoms with Crippen LogP contribution < -0.4 is 5.32 Å². The Kier molecular flexibility index (Phi) is 6.29. The van der Waals surface area contributed by atoms with Gasteiger partial charge in [-0.1, -0.05) is 0 Å². The quantitative estimate of drug-likeness (QED) is 0.748. The van der Waals surface area contributed by atoms with Crippen molar-refractivity contribution in [3.63, 3.8) is 0 Å². The number of nitrogens with zero attached hydrogens (tertiary/aromatic N) is 4. The van der Waals surface area contributed by atoms with Crippen LogP contribution >= 0.6 is 11.3 Å². The number of methoxy groups -OCH3 is 1. The van der Waals surface area contributed by atoms with Crippen LogP contribution in [0.25, 0.3) is 0 Å². The molecule has 7 nitrogen and oxygen atoms in total. The third-order valence-electron chi connectivity index (χ3n) is 4.86. The topological polar surface area (TPSA) is 72.3 Å². The van der Waals surface area contributed by atoms with Gasteiger partial charge in [-0.2, -0.15) is 5.10 Å². The van der Waals surface area contributed by atoms with Crippen LogP contribution in [0.3, 0.4) is 0 Å². The molecular weight excluding hydrogens is 362 g/mol. The average molecular weight is 392 g/mol. The van der Waals surface area contributed by atoms with Crippen LogP contribution in [0.4, 0.5) is 0 Å². The number of ether oxygens (including phenoxy) is 1. The summed E-state index contributed by atoms with van der Waals surface area (Å²) in [6.45, 7) is 9.18. The van der Waals surface area contributed by atoms with Crippen LogP contribution in [0.1, 0.15) is 43.7 Å². The van der Waals surface area contributed by atoms with Crippen molar-refractivity contribution >= 4 is 17.2 Å². The first-order chi connectivity index (χ1) is 12.9. The largest absolute Gasteiger partial charge is 0.383 e. The monoisotopic (exact) mass is 391 g/mol. The second-order valence-corrected chi connectivity index (χ2v) is 8.94. The molecule has 3 rings (SSSR count). The van der Waals surface area contributed by atoms with Crippen molar-refractivity contribution in [2.24, 2.45) is 5.92 Å². The molecule has 0 aliphatic carbocycles. The molecule has 0 saturated carbocycles. The Morgan fingerprint density at radius 3 is 2.85 bits per heavy atom. The molecule has 0 radical (unpaired) electrons. The first kappa shape index (κ1) is 20.0. The highest BCUT2D eigenvalue weighted by Crippen LogP contribution is 2.42. The number of thiazole rings is 1. The van der Waals surface area contributed by atoms with E-state index in [-0.39, 0.29) is 23.4 Å². The van der Waals surface area contributed by atoms with Gasteiger partial charge in [0, 0.05) is 60.9 Å². The average Bonchev–Trinajstić information content (AvgIpc) is 3.32. The number of amides is 1. The van der Waals surface area contributed by atoms with Crippen molar-refractivity contribution in [3.05, 3.63) is 34.5 Å². The molecule has 1 fully saturated rings. The Labute approximate surface area is 164 Å². The molecular formula is C19H29N5O2S. The van der Waals surface area contributed by atoms with Crippen molar-refractivity contribution in [1.82, 2.24) is 25.0 Å². The van der Waals surface area contributed by atoms with E-state index in [1.807, 2.05) is 27.5 Å². The summed E-state index contributed by atoms with van der Waals surface area (Å²) < 4.78 is 7.04. The minimum Gasteiger partial charge on any atom is -0.383 e. The van der Waals surface area contributed by atoms with Gasteiger partial charge < -0.3 is 15.0 Å². The highest BCUT2D eigenvalue weighted by Gasteiger charge is 2.45. The van der Waals surface area contributed by atoms with Crippen LogP contribution in [0.15, 0.2) is 24.1 Å². The predicted octanol–water partition coefficient (Wildman–Crippen LogP) is 2.46. The van der Waals surface area contributed by atoms with E-state index in [0.717, 1.165) is 18.7 Å².